The first-order valence-electron chi connectivity index (χ1n) is 15.9. The summed E-state index contributed by atoms with van der Waals surface area (Å²) >= 11 is 0. The normalized spacial score (nSPS) is 11.8. The van der Waals surface area contributed by atoms with Gasteiger partial charge in [-0.05, 0) is 38.7 Å². The first-order chi connectivity index (χ1) is 25.6. The summed E-state index contributed by atoms with van der Waals surface area (Å²) < 4.78 is 0. The lowest BCUT2D eigenvalue weighted by Crippen LogP contribution is -2.02. The maximum absolute atomic E-state index is 9.73. The van der Waals surface area contributed by atoms with Crippen molar-refractivity contribution in [2.24, 2.45) is 0 Å². The van der Waals surface area contributed by atoms with Gasteiger partial charge in [-0.3, -0.25) is 0 Å². The van der Waals surface area contributed by atoms with E-state index in [0.717, 1.165) is 65.7 Å². The van der Waals surface area contributed by atoms with Crippen LogP contribution in [0.25, 0.3) is 111 Å². The van der Waals surface area contributed by atoms with Gasteiger partial charge in [0, 0.05) is 33.0 Å². The number of rotatable bonds is 1. The monoisotopic (exact) mass is 660 g/mol. The summed E-state index contributed by atoms with van der Waals surface area (Å²) in [5.41, 5.74) is 7.76. The molecule has 5 aromatic carbocycles. The van der Waals surface area contributed by atoms with Crippen molar-refractivity contribution in [3.8, 4) is 80.4 Å². The fourth-order valence-corrected chi connectivity index (χ4v) is 7.72. The Labute approximate surface area is 291 Å². The number of hydrogen-bond donors (Lipinski definition) is 0. The van der Waals surface area contributed by atoms with Crippen LogP contribution in [0.3, 0.4) is 0 Å². The fraction of sp³-hybridized carbons (Fsp3) is 0. The Hall–Kier alpha value is -8.32. The lowest BCUT2D eigenvalue weighted by Gasteiger charge is -2.15. The molecule has 0 aliphatic heterocycles. The predicted molar refractivity (Wildman–Crippen MR) is 189 cm³/mol. The van der Waals surface area contributed by atoms with Gasteiger partial charge in [0.15, 0.2) is 45.4 Å². The molecule has 0 N–H and O–H groups in total. The van der Waals surface area contributed by atoms with E-state index in [1.807, 2.05) is 54.6 Å². The van der Waals surface area contributed by atoms with E-state index >= 15 is 0 Å². The van der Waals surface area contributed by atoms with Gasteiger partial charge in [-0.15, -0.1) is 0 Å². The quantitative estimate of drug-likeness (QED) is 0.163. The molecule has 0 radical (unpaired) electrons. The highest BCUT2D eigenvalue weighted by Crippen LogP contribution is 2.56. The second kappa shape index (κ2) is 9.64. The van der Waals surface area contributed by atoms with Crippen LogP contribution in [0, 0.1) is 45.3 Å². The van der Waals surface area contributed by atoms with Crippen LogP contribution < -0.4 is 0 Å². The molecule has 2 aliphatic rings. The Morgan fingerprint density at radius 2 is 0.846 bits per heavy atom. The second-order valence-corrected chi connectivity index (χ2v) is 12.4. The molecule has 11 rings (SSSR count). The van der Waals surface area contributed by atoms with Crippen LogP contribution in [0.4, 0.5) is 0 Å². The van der Waals surface area contributed by atoms with Gasteiger partial charge < -0.3 is 0 Å². The molecule has 0 fully saturated rings. The van der Waals surface area contributed by atoms with Gasteiger partial charge in [0.25, 0.3) is 0 Å². The molecule has 0 atom stereocenters. The summed E-state index contributed by atoms with van der Waals surface area (Å²) in [5.74, 6) is 0. The van der Waals surface area contributed by atoms with Crippen LogP contribution in [0.1, 0.15) is 22.8 Å². The van der Waals surface area contributed by atoms with E-state index in [0.29, 0.717) is 22.8 Å². The predicted octanol–water partition coefficient (Wildman–Crippen LogP) is 7.06. The van der Waals surface area contributed by atoms with Gasteiger partial charge in [0.1, 0.15) is 41.4 Å². The number of hydrogen-bond acceptors (Lipinski definition) is 12. The van der Waals surface area contributed by atoms with E-state index in [-0.39, 0.29) is 45.4 Å². The number of aromatic nitrogens is 8. The second-order valence-electron chi connectivity index (χ2n) is 12.4. The molecule has 9 aromatic rings. The molecule has 0 spiro atoms. The molecule has 0 amide bonds. The molecular formula is C40H12N12. The highest BCUT2D eigenvalue weighted by molar-refractivity contribution is 6.27. The Kier molecular flexibility index (Phi) is 5.12. The third-order valence-corrected chi connectivity index (χ3v) is 9.79. The molecule has 0 unspecified atom stereocenters. The summed E-state index contributed by atoms with van der Waals surface area (Å²) in [6, 6.07) is 32.3. The number of nitrogens with zero attached hydrogens (tertiary/aromatic N) is 12. The van der Waals surface area contributed by atoms with Crippen molar-refractivity contribution in [3.05, 3.63) is 95.6 Å². The minimum atomic E-state index is -0.120. The largest absolute Gasteiger partial charge is 0.223 e. The van der Waals surface area contributed by atoms with Crippen molar-refractivity contribution in [3.63, 3.8) is 0 Å². The Morgan fingerprint density at radius 1 is 0.365 bits per heavy atom. The van der Waals surface area contributed by atoms with Crippen molar-refractivity contribution in [2.75, 3.05) is 0 Å². The van der Waals surface area contributed by atoms with E-state index in [2.05, 4.69) is 62.4 Å². The average molecular weight is 661 g/mol. The van der Waals surface area contributed by atoms with Crippen LogP contribution in [-0.4, -0.2) is 39.9 Å². The Bertz CT molecular complexity index is 3410. The summed E-state index contributed by atoms with van der Waals surface area (Å²) in [6.45, 7) is 0. The van der Waals surface area contributed by atoms with E-state index in [1.165, 1.54) is 0 Å². The van der Waals surface area contributed by atoms with Crippen molar-refractivity contribution in [1.82, 2.24) is 39.9 Å². The third-order valence-electron chi connectivity index (χ3n) is 9.79. The molecule has 2 aliphatic carbocycles. The summed E-state index contributed by atoms with van der Waals surface area (Å²) in [4.78, 5) is 37.3. The van der Waals surface area contributed by atoms with Crippen molar-refractivity contribution < 1.29 is 0 Å². The first-order valence-corrected chi connectivity index (χ1v) is 15.9. The highest BCUT2D eigenvalue weighted by Gasteiger charge is 2.34. The van der Waals surface area contributed by atoms with Gasteiger partial charge in [-0.25, -0.2) is 39.9 Å². The van der Waals surface area contributed by atoms with Crippen molar-refractivity contribution >= 4 is 54.9 Å². The van der Waals surface area contributed by atoms with Crippen LogP contribution in [-0.2, 0) is 0 Å². The molecule has 12 heteroatoms. The van der Waals surface area contributed by atoms with Gasteiger partial charge in [0.2, 0.25) is 0 Å². The van der Waals surface area contributed by atoms with Crippen LogP contribution in [0.2, 0.25) is 0 Å². The number of nitriles is 4. The van der Waals surface area contributed by atoms with E-state index in [9.17, 15) is 21.0 Å². The highest BCUT2D eigenvalue weighted by atomic mass is 15.0. The summed E-state index contributed by atoms with van der Waals surface area (Å²) in [5, 5.41) is 44.6. The van der Waals surface area contributed by atoms with E-state index in [4.69, 9.17) is 19.9 Å². The average Bonchev–Trinajstić information content (AvgIpc) is 3.69. The molecule has 4 aromatic heterocycles. The van der Waals surface area contributed by atoms with E-state index < -0.39 is 0 Å². The molecule has 232 valence electrons. The molecule has 52 heavy (non-hydrogen) atoms. The molecular weight excluding hydrogens is 649 g/mol. The maximum atomic E-state index is 9.73. The van der Waals surface area contributed by atoms with Crippen LogP contribution in [0.5, 0.6) is 0 Å². The zero-order chi connectivity index (χ0) is 34.8. The Balaban J connectivity index is 1.27. The van der Waals surface area contributed by atoms with Crippen LogP contribution in [0.15, 0.2) is 72.8 Å². The minimum absolute atomic E-state index is 0.107. The van der Waals surface area contributed by atoms with Gasteiger partial charge in [0.05, 0.1) is 5.69 Å². The standard InChI is InChI=1S/C40H12N12/c41-13-24-25(14-42)46-38-37(45-24)49-33-23-7-3-5-17-8-10-21(31(28(17)23)34(33)50-38)22-11-9-19-12-18-4-1-2-6-20(18)30-29(19)32(22)36-35(30)51-39-40(52-36)48-27(16-44)26(15-43)47-39/h1-12H. The summed E-state index contributed by atoms with van der Waals surface area (Å²) in [6.07, 6.45) is 0. The van der Waals surface area contributed by atoms with E-state index in [1.54, 1.807) is 0 Å². The molecule has 0 bridgehead atoms. The van der Waals surface area contributed by atoms with Crippen LogP contribution >= 0.6 is 0 Å². The topological polar surface area (TPSA) is 198 Å². The lowest BCUT2D eigenvalue weighted by molar-refractivity contribution is 1.12. The third kappa shape index (κ3) is 3.39. The van der Waals surface area contributed by atoms with Gasteiger partial charge >= 0.3 is 0 Å². The zero-order valence-corrected chi connectivity index (χ0v) is 26.3. The number of fused-ring (bicyclic) bond motifs is 10. The molecule has 0 saturated heterocycles. The molecule has 4 heterocycles. The van der Waals surface area contributed by atoms with Gasteiger partial charge in [-0.2, -0.15) is 21.0 Å². The molecule has 0 saturated carbocycles. The Morgan fingerprint density at radius 3 is 1.44 bits per heavy atom. The first kappa shape index (κ1) is 27.6. The SMILES string of the molecule is N#Cc1nc2nc3c(nc2nc1C#N)-c1c(-c2ccc4cc5ccccc5c5c4c2-c2nc4nc(C#N)c(C#N)nc4nc2-5)ccc2cccc-3c12. The minimum Gasteiger partial charge on any atom is -0.223 e. The van der Waals surface area contributed by atoms with Crippen molar-refractivity contribution in [1.29, 1.82) is 21.0 Å². The maximum Gasteiger partial charge on any atom is 0.199 e. The van der Waals surface area contributed by atoms with Crippen molar-refractivity contribution in [2.45, 2.75) is 0 Å². The smallest absolute Gasteiger partial charge is 0.199 e. The zero-order valence-electron chi connectivity index (χ0n) is 26.3. The number of benzene rings is 5. The lowest BCUT2D eigenvalue weighted by atomic mass is 9.88. The van der Waals surface area contributed by atoms with Gasteiger partial charge in [-0.1, -0.05) is 66.7 Å². The summed E-state index contributed by atoms with van der Waals surface area (Å²) in [7, 11) is 0. The fourth-order valence-electron chi connectivity index (χ4n) is 7.72. The molecule has 12 nitrogen and oxygen atoms in total.